The summed E-state index contributed by atoms with van der Waals surface area (Å²) in [6.45, 7) is 5.07. The molecule has 0 fully saturated rings. The second kappa shape index (κ2) is 4.56. The third-order valence-electron chi connectivity index (χ3n) is 3.46. The summed E-state index contributed by atoms with van der Waals surface area (Å²) in [6, 6.07) is 11.4. The Morgan fingerprint density at radius 2 is 1.76 bits per heavy atom. The van der Waals surface area contributed by atoms with Crippen LogP contribution in [0.1, 0.15) is 12.5 Å². The minimum atomic E-state index is -3.64. The molecule has 1 aliphatic heterocycles. The molecule has 0 spiro atoms. The highest BCUT2D eigenvalue weighted by Gasteiger charge is 2.35. The largest absolute Gasteiger partial charge is 0.279 e. The standard InChI is InChI=1S/C16H13NO3S/c1-3-12-8-9-14-16(10-12)21(19,20)15-7-5-4-6-13(15)17(14)11(2)18/h3-10H,1H2,2H3. The molecule has 0 atom stereocenters. The van der Waals surface area contributed by atoms with E-state index in [1.165, 1.54) is 17.9 Å². The Morgan fingerprint density at radius 3 is 2.43 bits per heavy atom. The van der Waals surface area contributed by atoms with Crippen molar-refractivity contribution in [2.45, 2.75) is 16.7 Å². The predicted molar refractivity (Wildman–Crippen MR) is 81.2 cm³/mol. The van der Waals surface area contributed by atoms with Gasteiger partial charge in [-0.15, -0.1) is 0 Å². The number of carbonyl (C=O) groups is 1. The Hall–Kier alpha value is -2.40. The van der Waals surface area contributed by atoms with Crippen molar-refractivity contribution in [2.24, 2.45) is 0 Å². The normalized spacial score (nSPS) is 15.0. The van der Waals surface area contributed by atoms with Gasteiger partial charge in [0.05, 0.1) is 21.2 Å². The van der Waals surface area contributed by atoms with Gasteiger partial charge in [-0.2, -0.15) is 0 Å². The Balaban J connectivity index is 2.42. The fourth-order valence-corrected chi connectivity index (χ4v) is 4.17. The van der Waals surface area contributed by atoms with Gasteiger partial charge in [0.1, 0.15) is 0 Å². The van der Waals surface area contributed by atoms with Crippen molar-refractivity contribution in [3.8, 4) is 0 Å². The van der Waals surface area contributed by atoms with Crippen LogP contribution in [0.4, 0.5) is 11.4 Å². The average molecular weight is 299 g/mol. The number of fused-ring (bicyclic) bond motifs is 2. The lowest BCUT2D eigenvalue weighted by molar-refractivity contribution is -0.115. The highest BCUT2D eigenvalue weighted by atomic mass is 32.2. The minimum absolute atomic E-state index is 0.133. The molecule has 0 saturated carbocycles. The van der Waals surface area contributed by atoms with Gasteiger partial charge in [-0.05, 0) is 29.8 Å². The summed E-state index contributed by atoms with van der Waals surface area (Å²) < 4.78 is 25.5. The highest BCUT2D eigenvalue weighted by Crippen LogP contribution is 2.44. The Morgan fingerprint density at radius 1 is 1.10 bits per heavy atom. The van der Waals surface area contributed by atoms with Crippen LogP contribution >= 0.6 is 0 Å². The van der Waals surface area contributed by atoms with Gasteiger partial charge in [-0.25, -0.2) is 8.42 Å². The molecular weight excluding hydrogens is 286 g/mol. The monoisotopic (exact) mass is 299 g/mol. The zero-order valence-electron chi connectivity index (χ0n) is 11.4. The van der Waals surface area contributed by atoms with E-state index in [0.717, 1.165) is 0 Å². The molecule has 3 rings (SSSR count). The summed E-state index contributed by atoms with van der Waals surface area (Å²) in [5.41, 5.74) is 1.47. The Labute approximate surface area is 123 Å². The number of sulfone groups is 1. The zero-order valence-corrected chi connectivity index (χ0v) is 12.2. The quantitative estimate of drug-likeness (QED) is 0.812. The van der Waals surface area contributed by atoms with Crippen molar-refractivity contribution in [3.63, 3.8) is 0 Å². The number of hydrogen-bond donors (Lipinski definition) is 0. The molecule has 106 valence electrons. The summed E-state index contributed by atoms with van der Waals surface area (Å²) in [7, 11) is -3.64. The summed E-state index contributed by atoms with van der Waals surface area (Å²) in [5, 5.41) is 0. The predicted octanol–water partition coefficient (Wildman–Crippen LogP) is 3.16. The molecule has 0 N–H and O–H groups in total. The lowest BCUT2D eigenvalue weighted by atomic mass is 10.1. The Kier molecular flexibility index (Phi) is 2.95. The van der Waals surface area contributed by atoms with Crippen molar-refractivity contribution < 1.29 is 13.2 Å². The molecule has 2 aromatic carbocycles. The lowest BCUT2D eigenvalue weighted by Gasteiger charge is -2.30. The van der Waals surface area contributed by atoms with Crippen LogP contribution < -0.4 is 4.90 Å². The van der Waals surface area contributed by atoms with E-state index in [1.807, 2.05) is 0 Å². The van der Waals surface area contributed by atoms with Crippen LogP contribution in [0.5, 0.6) is 0 Å². The number of anilines is 2. The van der Waals surface area contributed by atoms with E-state index in [9.17, 15) is 13.2 Å². The third kappa shape index (κ3) is 1.89. The number of amides is 1. The number of hydrogen-bond acceptors (Lipinski definition) is 3. The first kappa shape index (κ1) is 13.6. The van der Waals surface area contributed by atoms with Crippen molar-refractivity contribution >= 4 is 33.2 Å². The van der Waals surface area contributed by atoms with Gasteiger partial charge in [-0.1, -0.05) is 30.9 Å². The molecule has 0 unspecified atom stereocenters. The Bertz CT molecular complexity index is 869. The smallest absolute Gasteiger partial charge is 0.228 e. The molecule has 0 bridgehead atoms. The van der Waals surface area contributed by atoms with E-state index < -0.39 is 9.84 Å². The molecule has 4 nitrogen and oxygen atoms in total. The highest BCUT2D eigenvalue weighted by molar-refractivity contribution is 7.92. The number of benzene rings is 2. The molecule has 1 heterocycles. The molecule has 1 amide bonds. The van der Waals surface area contributed by atoms with Crippen LogP contribution in [0.2, 0.25) is 0 Å². The maximum atomic E-state index is 12.8. The summed E-state index contributed by atoms with van der Waals surface area (Å²) in [5.74, 6) is -0.232. The van der Waals surface area contributed by atoms with Gasteiger partial charge >= 0.3 is 0 Å². The van der Waals surface area contributed by atoms with E-state index in [2.05, 4.69) is 6.58 Å². The van der Waals surface area contributed by atoms with Gasteiger partial charge in [0.25, 0.3) is 0 Å². The summed E-state index contributed by atoms with van der Waals surface area (Å²) in [6.07, 6.45) is 1.58. The van der Waals surface area contributed by atoms with Crippen LogP contribution in [0.15, 0.2) is 58.8 Å². The molecule has 0 radical (unpaired) electrons. The van der Waals surface area contributed by atoms with Gasteiger partial charge in [0.15, 0.2) is 0 Å². The maximum absolute atomic E-state index is 12.8. The summed E-state index contributed by atoms with van der Waals surface area (Å²) in [4.78, 5) is 13.7. The first-order valence-corrected chi connectivity index (χ1v) is 7.86. The maximum Gasteiger partial charge on any atom is 0.228 e. The molecular formula is C16H13NO3S. The van der Waals surface area contributed by atoms with Crippen molar-refractivity contribution in [2.75, 3.05) is 4.90 Å². The zero-order chi connectivity index (χ0) is 15.2. The van der Waals surface area contributed by atoms with Crippen LogP contribution in [-0.2, 0) is 14.6 Å². The van der Waals surface area contributed by atoms with Crippen LogP contribution in [-0.4, -0.2) is 14.3 Å². The second-order valence-electron chi connectivity index (χ2n) is 4.76. The molecule has 0 aliphatic carbocycles. The second-order valence-corrected chi connectivity index (χ2v) is 6.64. The van der Waals surface area contributed by atoms with Crippen molar-refractivity contribution in [1.82, 2.24) is 0 Å². The molecule has 21 heavy (non-hydrogen) atoms. The van der Waals surface area contributed by atoms with E-state index in [-0.39, 0.29) is 15.7 Å². The lowest BCUT2D eigenvalue weighted by Crippen LogP contribution is -2.29. The molecule has 1 aliphatic rings. The first-order valence-electron chi connectivity index (χ1n) is 6.38. The minimum Gasteiger partial charge on any atom is -0.279 e. The van der Waals surface area contributed by atoms with E-state index in [4.69, 9.17) is 0 Å². The van der Waals surface area contributed by atoms with Crippen LogP contribution in [0.3, 0.4) is 0 Å². The number of para-hydroxylation sites is 1. The average Bonchev–Trinajstić information content (AvgIpc) is 2.47. The molecule has 0 saturated heterocycles. The fraction of sp³-hybridized carbons (Fsp3) is 0.0625. The van der Waals surface area contributed by atoms with Crippen LogP contribution in [0.25, 0.3) is 6.08 Å². The molecule has 5 heteroatoms. The van der Waals surface area contributed by atoms with Crippen LogP contribution in [0, 0.1) is 0 Å². The first-order chi connectivity index (χ1) is 9.96. The number of carbonyl (C=O) groups excluding carboxylic acids is 1. The molecule has 0 aromatic heterocycles. The van der Waals surface area contributed by atoms with Gasteiger partial charge in [0, 0.05) is 6.92 Å². The topological polar surface area (TPSA) is 54.5 Å². The number of rotatable bonds is 1. The van der Waals surface area contributed by atoms with E-state index >= 15 is 0 Å². The van der Waals surface area contributed by atoms with Crippen molar-refractivity contribution in [3.05, 3.63) is 54.6 Å². The van der Waals surface area contributed by atoms with Gasteiger partial charge in [-0.3, -0.25) is 9.69 Å². The van der Waals surface area contributed by atoms with E-state index in [0.29, 0.717) is 16.9 Å². The SMILES string of the molecule is C=Cc1ccc2c(c1)S(=O)(=O)c1ccccc1N2C(C)=O. The summed E-state index contributed by atoms with van der Waals surface area (Å²) >= 11 is 0. The fourth-order valence-electron chi connectivity index (χ4n) is 2.51. The van der Waals surface area contributed by atoms with Crippen molar-refractivity contribution in [1.29, 1.82) is 0 Å². The van der Waals surface area contributed by atoms with Gasteiger partial charge < -0.3 is 0 Å². The van der Waals surface area contributed by atoms with E-state index in [1.54, 1.807) is 42.5 Å². The third-order valence-corrected chi connectivity index (χ3v) is 5.29. The van der Waals surface area contributed by atoms with Gasteiger partial charge in [0.2, 0.25) is 15.7 Å². The number of nitrogens with zero attached hydrogens (tertiary/aromatic N) is 1. The molecule has 2 aromatic rings.